The van der Waals surface area contributed by atoms with Gasteiger partial charge in [-0.3, -0.25) is 14.8 Å². The summed E-state index contributed by atoms with van der Waals surface area (Å²) in [6.45, 7) is 0. The van der Waals surface area contributed by atoms with Gasteiger partial charge in [-0.1, -0.05) is 18.2 Å². The molecule has 1 heterocycles. The first-order chi connectivity index (χ1) is 10.6. The van der Waals surface area contributed by atoms with Crippen molar-refractivity contribution in [3.05, 3.63) is 74.9 Å². The largest absolute Gasteiger partial charge is 0.333 e. The number of benzene rings is 2. The number of carbonyl (C=O) groups excluding carboxylic acids is 1. The Morgan fingerprint density at radius 2 is 1.82 bits per heavy atom. The molecule has 110 valence electrons. The Balaban J connectivity index is 2.29. The van der Waals surface area contributed by atoms with Crippen LogP contribution in [0.15, 0.2) is 58.1 Å². The molecule has 3 aromatic rings. The second-order valence-corrected chi connectivity index (χ2v) is 4.61. The Morgan fingerprint density at radius 3 is 2.50 bits per heavy atom. The Morgan fingerprint density at radius 1 is 1.09 bits per heavy atom. The highest BCUT2D eigenvalue weighted by molar-refractivity contribution is 5.96. The first kappa shape index (κ1) is 13.8. The van der Waals surface area contributed by atoms with E-state index in [-0.39, 0.29) is 16.5 Å². The number of H-pyrrole nitrogens is 1. The number of hydrogen-bond acceptors (Lipinski definition) is 4. The van der Waals surface area contributed by atoms with Crippen molar-refractivity contribution in [3.63, 3.8) is 0 Å². The van der Waals surface area contributed by atoms with Crippen molar-refractivity contribution in [1.29, 1.82) is 0 Å². The molecule has 0 aliphatic heterocycles. The number of fused-ring (bicyclic) bond motifs is 1. The number of para-hydroxylation sites is 1. The molecule has 1 amide bonds. The average molecular weight is 297 g/mol. The Kier molecular flexibility index (Phi) is 3.32. The summed E-state index contributed by atoms with van der Waals surface area (Å²) in [5.74, 6) is -0.727. The highest BCUT2D eigenvalue weighted by Gasteiger charge is 2.11. The van der Waals surface area contributed by atoms with Gasteiger partial charge in [0.05, 0.1) is 16.6 Å². The van der Waals surface area contributed by atoms with Gasteiger partial charge in [0.1, 0.15) is 0 Å². The number of aromatic nitrogens is 2. The highest BCUT2D eigenvalue weighted by Crippen LogP contribution is 2.10. The van der Waals surface area contributed by atoms with Crippen LogP contribution in [-0.2, 0) is 0 Å². The van der Waals surface area contributed by atoms with E-state index in [2.05, 4.69) is 4.98 Å². The first-order valence-corrected chi connectivity index (χ1v) is 6.41. The summed E-state index contributed by atoms with van der Waals surface area (Å²) >= 11 is 0. The maximum atomic E-state index is 12.5. The summed E-state index contributed by atoms with van der Waals surface area (Å²) in [5, 5.41) is 8.89. The molecule has 0 radical (unpaired) electrons. The lowest BCUT2D eigenvalue weighted by atomic mass is 10.1. The summed E-state index contributed by atoms with van der Waals surface area (Å²) in [7, 11) is 0. The van der Waals surface area contributed by atoms with E-state index in [0.29, 0.717) is 5.69 Å². The monoisotopic (exact) mass is 297 g/mol. The van der Waals surface area contributed by atoms with Crippen LogP contribution in [0.4, 0.5) is 0 Å². The quantitative estimate of drug-likeness (QED) is 0.480. The van der Waals surface area contributed by atoms with Gasteiger partial charge >= 0.3 is 5.69 Å². The highest BCUT2D eigenvalue weighted by atomic mass is 16.5. The van der Waals surface area contributed by atoms with Crippen LogP contribution < -0.4 is 16.7 Å². The number of amides is 1. The molecular formula is C15H11N3O4. The van der Waals surface area contributed by atoms with Gasteiger partial charge < -0.3 is 4.98 Å². The third-order valence-electron chi connectivity index (χ3n) is 3.28. The van der Waals surface area contributed by atoms with Gasteiger partial charge in [0.25, 0.3) is 11.5 Å². The molecule has 3 rings (SSSR count). The molecule has 1 aromatic heterocycles. The number of nitrogens with one attached hydrogen (secondary N) is 2. The maximum Gasteiger partial charge on any atom is 0.333 e. The van der Waals surface area contributed by atoms with Gasteiger partial charge in [0.15, 0.2) is 0 Å². The first-order valence-electron chi connectivity index (χ1n) is 6.41. The Hall–Kier alpha value is -3.19. The molecule has 0 atom stereocenters. The minimum Gasteiger partial charge on any atom is -0.306 e. The van der Waals surface area contributed by atoms with Crippen molar-refractivity contribution in [3.8, 4) is 5.69 Å². The van der Waals surface area contributed by atoms with Crippen LogP contribution in [0.5, 0.6) is 0 Å². The molecule has 22 heavy (non-hydrogen) atoms. The van der Waals surface area contributed by atoms with Gasteiger partial charge in [0, 0.05) is 5.56 Å². The van der Waals surface area contributed by atoms with E-state index in [1.165, 1.54) is 23.7 Å². The fraction of sp³-hybridized carbons (Fsp3) is 0. The number of aromatic amines is 1. The number of nitrogens with zero attached hydrogens (tertiary/aromatic N) is 1. The van der Waals surface area contributed by atoms with Crippen LogP contribution in [0, 0.1) is 0 Å². The maximum absolute atomic E-state index is 12.5. The van der Waals surface area contributed by atoms with Crippen LogP contribution in [0.25, 0.3) is 16.6 Å². The van der Waals surface area contributed by atoms with Crippen LogP contribution in [0.3, 0.4) is 0 Å². The fourth-order valence-electron chi connectivity index (χ4n) is 2.24. The molecule has 0 fully saturated rings. The van der Waals surface area contributed by atoms with Gasteiger partial charge in [-0.05, 0) is 30.3 Å². The van der Waals surface area contributed by atoms with Crippen molar-refractivity contribution in [2.45, 2.75) is 0 Å². The fourth-order valence-corrected chi connectivity index (χ4v) is 2.24. The Labute approximate surface area is 123 Å². The molecular weight excluding hydrogens is 286 g/mol. The summed E-state index contributed by atoms with van der Waals surface area (Å²) in [5.41, 5.74) is 1.21. The van der Waals surface area contributed by atoms with E-state index >= 15 is 0 Å². The number of hydroxylamine groups is 1. The summed E-state index contributed by atoms with van der Waals surface area (Å²) < 4.78 is 1.02. The predicted molar refractivity (Wildman–Crippen MR) is 79.4 cm³/mol. The van der Waals surface area contributed by atoms with E-state index in [9.17, 15) is 14.4 Å². The van der Waals surface area contributed by atoms with Gasteiger partial charge in [0.2, 0.25) is 0 Å². The zero-order valence-corrected chi connectivity index (χ0v) is 11.2. The number of rotatable bonds is 2. The Bertz CT molecular complexity index is 973. The van der Waals surface area contributed by atoms with E-state index in [1.54, 1.807) is 30.3 Å². The number of hydrogen-bond donors (Lipinski definition) is 3. The lowest BCUT2D eigenvalue weighted by Gasteiger charge is -2.07. The van der Waals surface area contributed by atoms with E-state index in [1.807, 2.05) is 0 Å². The van der Waals surface area contributed by atoms with Crippen LogP contribution in [0.1, 0.15) is 10.4 Å². The lowest BCUT2D eigenvalue weighted by molar-refractivity contribution is 0.0706. The summed E-state index contributed by atoms with van der Waals surface area (Å²) in [6.07, 6.45) is 0. The van der Waals surface area contributed by atoms with Gasteiger partial charge in [-0.2, -0.15) is 0 Å². The van der Waals surface area contributed by atoms with Crippen molar-refractivity contribution in [2.24, 2.45) is 0 Å². The molecule has 0 saturated carbocycles. The molecule has 7 heteroatoms. The molecule has 0 saturated heterocycles. The molecule has 7 nitrogen and oxygen atoms in total. The third-order valence-corrected chi connectivity index (χ3v) is 3.28. The number of carbonyl (C=O) groups is 1. The van der Waals surface area contributed by atoms with Crippen LogP contribution >= 0.6 is 0 Å². The van der Waals surface area contributed by atoms with E-state index < -0.39 is 17.2 Å². The molecule has 0 aliphatic carbocycles. The molecule has 0 spiro atoms. The summed E-state index contributed by atoms with van der Waals surface area (Å²) in [4.78, 5) is 38.6. The van der Waals surface area contributed by atoms with Crippen molar-refractivity contribution < 1.29 is 10.0 Å². The third kappa shape index (κ3) is 2.19. The zero-order chi connectivity index (χ0) is 15.7. The van der Waals surface area contributed by atoms with Crippen LogP contribution in [-0.4, -0.2) is 20.7 Å². The summed E-state index contributed by atoms with van der Waals surface area (Å²) in [6, 6.07) is 12.7. The molecule has 0 unspecified atom stereocenters. The molecule has 2 aromatic carbocycles. The average Bonchev–Trinajstić information content (AvgIpc) is 2.54. The minimum absolute atomic E-state index is 0.127. The second-order valence-electron chi connectivity index (χ2n) is 4.61. The van der Waals surface area contributed by atoms with Crippen LogP contribution in [0.2, 0.25) is 0 Å². The van der Waals surface area contributed by atoms with E-state index in [0.717, 1.165) is 4.57 Å². The molecule has 0 aliphatic rings. The molecule has 3 N–H and O–H groups in total. The minimum atomic E-state index is -0.727. The second kappa shape index (κ2) is 5.30. The predicted octanol–water partition coefficient (Wildman–Crippen LogP) is 0.798. The smallest absolute Gasteiger partial charge is 0.306 e. The van der Waals surface area contributed by atoms with Gasteiger partial charge in [-0.25, -0.2) is 14.8 Å². The van der Waals surface area contributed by atoms with Crippen molar-refractivity contribution in [1.82, 2.24) is 15.0 Å². The SMILES string of the molecule is O=C(NO)c1ccc2c(=O)n(-c3ccccc3)c(=O)[nH]c2c1. The molecule has 0 bridgehead atoms. The zero-order valence-electron chi connectivity index (χ0n) is 11.2. The normalized spacial score (nSPS) is 10.6. The topological polar surface area (TPSA) is 104 Å². The standard InChI is InChI=1S/C15H11N3O4/c19-13(17-22)9-6-7-11-12(8-9)16-15(21)18(14(11)20)10-4-2-1-3-5-10/h1-8,22H,(H,16,21)(H,17,19). The lowest BCUT2D eigenvalue weighted by Crippen LogP contribution is -2.33. The van der Waals surface area contributed by atoms with E-state index in [4.69, 9.17) is 5.21 Å². The van der Waals surface area contributed by atoms with Gasteiger partial charge in [-0.15, -0.1) is 0 Å². The van der Waals surface area contributed by atoms with Crippen molar-refractivity contribution in [2.75, 3.05) is 0 Å². The van der Waals surface area contributed by atoms with Crippen molar-refractivity contribution >= 4 is 16.8 Å².